The van der Waals surface area contributed by atoms with E-state index in [4.69, 9.17) is 4.74 Å². The fourth-order valence-corrected chi connectivity index (χ4v) is 3.11. The molecule has 5 nitrogen and oxygen atoms in total. The van der Waals surface area contributed by atoms with Gasteiger partial charge in [0.2, 0.25) is 0 Å². The van der Waals surface area contributed by atoms with Crippen molar-refractivity contribution in [2.75, 3.05) is 40.0 Å². The fourth-order valence-electron chi connectivity index (χ4n) is 3.11. The van der Waals surface area contributed by atoms with Gasteiger partial charge in [-0.15, -0.1) is 0 Å². The van der Waals surface area contributed by atoms with Crippen LogP contribution in [-0.2, 0) is 4.74 Å². The van der Waals surface area contributed by atoms with E-state index in [0.29, 0.717) is 0 Å². The van der Waals surface area contributed by atoms with Gasteiger partial charge in [0.1, 0.15) is 0 Å². The van der Waals surface area contributed by atoms with Gasteiger partial charge in [-0.1, -0.05) is 11.6 Å². The molecular weight excluding hydrogens is 266 g/mol. The average Bonchev–Trinajstić information content (AvgIpc) is 3.15. The first kappa shape index (κ1) is 16.3. The van der Waals surface area contributed by atoms with Crippen molar-refractivity contribution in [3.05, 3.63) is 11.6 Å². The summed E-state index contributed by atoms with van der Waals surface area (Å²) < 4.78 is 5.51. The van der Waals surface area contributed by atoms with E-state index in [1.54, 1.807) is 12.6 Å². The Hall–Kier alpha value is -1.07. The Balaban J connectivity index is 1.71. The molecule has 0 radical (unpaired) electrons. The molecule has 21 heavy (non-hydrogen) atoms. The van der Waals surface area contributed by atoms with Crippen molar-refractivity contribution in [2.45, 2.75) is 38.5 Å². The number of guanidine groups is 1. The molecular formula is C16H29N3O2. The molecule has 2 aliphatic rings. The zero-order chi connectivity index (χ0) is 15.0. The molecule has 120 valence electrons. The third-order valence-corrected chi connectivity index (χ3v) is 4.56. The van der Waals surface area contributed by atoms with Gasteiger partial charge in [-0.3, -0.25) is 4.99 Å². The van der Waals surface area contributed by atoms with Gasteiger partial charge in [0.25, 0.3) is 0 Å². The van der Waals surface area contributed by atoms with Crippen molar-refractivity contribution in [3.63, 3.8) is 0 Å². The van der Waals surface area contributed by atoms with E-state index < -0.39 is 0 Å². The van der Waals surface area contributed by atoms with Crippen molar-refractivity contribution in [3.8, 4) is 0 Å². The van der Waals surface area contributed by atoms with Crippen molar-refractivity contribution < 1.29 is 9.84 Å². The normalized spacial score (nSPS) is 26.0. The zero-order valence-electron chi connectivity index (χ0n) is 13.2. The Morgan fingerprint density at radius 1 is 1.48 bits per heavy atom. The minimum absolute atomic E-state index is 0.0559. The van der Waals surface area contributed by atoms with Gasteiger partial charge in [-0.2, -0.15) is 0 Å². The summed E-state index contributed by atoms with van der Waals surface area (Å²) in [7, 11) is 1.80. The minimum Gasteiger partial charge on any atom is -0.396 e. The van der Waals surface area contributed by atoms with Crippen molar-refractivity contribution >= 4 is 5.96 Å². The highest BCUT2D eigenvalue weighted by atomic mass is 16.5. The molecule has 0 aromatic heterocycles. The second kappa shape index (κ2) is 8.39. The predicted octanol–water partition coefficient (Wildman–Crippen LogP) is 1.44. The van der Waals surface area contributed by atoms with Crippen LogP contribution in [0, 0.1) is 5.41 Å². The van der Waals surface area contributed by atoms with Crippen LogP contribution in [0.15, 0.2) is 16.6 Å². The third kappa shape index (κ3) is 5.00. The average molecular weight is 295 g/mol. The van der Waals surface area contributed by atoms with E-state index in [9.17, 15) is 5.11 Å². The third-order valence-electron chi connectivity index (χ3n) is 4.56. The number of hydrogen-bond acceptors (Lipinski definition) is 3. The zero-order valence-corrected chi connectivity index (χ0v) is 13.2. The maximum absolute atomic E-state index is 9.24. The lowest BCUT2D eigenvalue weighted by molar-refractivity contribution is 0.127. The number of aliphatic hydroxyl groups is 1. The molecule has 0 spiro atoms. The van der Waals surface area contributed by atoms with Crippen LogP contribution in [0.5, 0.6) is 0 Å². The van der Waals surface area contributed by atoms with Crippen LogP contribution in [0.2, 0.25) is 0 Å². The van der Waals surface area contributed by atoms with Gasteiger partial charge in [0.15, 0.2) is 5.96 Å². The Bertz CT molecular complexity index is 374. The lowest BCUT2D eigenvalue weighted by atomic mass is 9.84. The topological polar surface area (TPSA) is 65.9 Å². The fraction of sp³-hybridized carbons (Fsp3) is 0.812. The van der Waals surface area contributed by atoms with Gasteiger partial charge in [0, 0.05) is 38.8 Å². The molecule has 2 rings (SSSR count). The van der Waals surface area contributed by atoms with Crippen molar-refractivity contribution in [1.29, 1.82) is 0 Å². The van der Waals surface area contributed by atoms with Crippen LogP contribution in [0.3, 0.4) is 0 Å². The summed E-state index contributed by atoms with van der Waals surface area (Å²) in [6, 6.07) is 0. The molecule has 5 heteroatoms. The lowest BCUT2D eigenvalue weighted by Crippen LogP contribution is -2.44. The first-order chi connectivity index (χ1) is 10.3. The van der Waals surface area contributed by atoms with Crippen molar-refractivity contribution in [2.24, 2.45) is 10.4 Å². The number of hydrogen-bond donors (Lipinski definition) is 3. The molecule has 1 heterocycles. The molecule has 1 fully saturated rings. The minimum atomic E-state index is 0.0559. The molecule has 1 aliphatic carbocycles. The quantitative estimate of drug-likeness (QED) is 0.378. The second-order valence-corrected chi connectivity index (χ2v) is 6.13. The van der Waals surface area contributed by atoms with Crippen LogP contribution < -0.4 is 10.6 Å². The highest BCUT2D eigenvalue weighted by molar-refractivity contribution is 5.79. The van der Waals surface area contributed by atoms with Gasteiger partial charge < -0.3 is 20.5 Å². The first-order valence-electron chi connectivity index (χ1n) is 8.09. The van der Waals surface area contributed by atoms with E-state index in [1.165, 1.54) is 19.3 Å². The van der Waals surface area contributed by atoms with E-state index in [1.807, 2.05) is 0 Å². The Morgan fingerprint density at radius 2 is 2.38 bits per heavy atom. The summed E-state index contributed by atoms with van der Waals surface area (Å²) in [6.45, 7) is 3.46. The molecule has 1 atom stereocenters. The molecule has 0 aromatic carbocycles. The smallest absolute Gasteiger partial charge is 0.191 e. The van der Waals surface area contributed by atoms with E-state index in [0.717, 1.165) is 51.5 Å². The molecule has 0 aromatic rings. The summed E-state index contributed by atoms with van der Waals surface area (Å²) in [5, 5.41) is 16.0. The maximum Gasteiger partial charge on any atom is 0.191 e. The van der Waals surface area contributed by atoms with Crippen LogP contribution in [0.1, 0.15) is 38.5 Å². The lowest BCUT2D eigenvalue weighted by Gasteiger charge is -2.27. The Labute approximate surface area is 127 Å². The number of ether oxygens (including phenoxy) is 1. The highest BCUT2D eigenvalue weighted by Crippen LogP contribution is 2.31. The number of rotatable bonds is 7. The van der Waals surface area contributed by atoms with E-state index in [2.05, 4.69) is 21.7 Å². The van der Waals surface area contributed by atoms with Crippen LogP contribution in [-0.4, -0.2) is 51.0 Å². The number of aliphatic hydroxyl groups excluding tert-OH is 1. The van der Waals surface area contributed by atoms with Gasteiger partial charge in [0.05, 0.1) is 6.61 Å². The molecule has 1 unspecified atom stereocenters. The predicted molar refractivity (Wildman–Crippen MR) is 85.5 cm³/mol. The molecule has 0 bridgehead atoms. The second-order valence-electron chi connectivity index (χ2n) is 6.13. The molecule has 3 N–H and O–H groups in total. The molecule has 0 saturated carbocycles. The number of nitrogens with zero attached hydrogens (tertiary/aromatic N) is 1. The van der Waals surface area contributed by atoms with Gasteiger partial charge >= 0.3 is 0 Å². The van der Waals surface area contributed by atoms with Crippen LogP contribution >= 0.6 is 0 Å². The maximum atomic E-state index is 9.24. The summed E-state index contributed by atoms with van der Waals surface area (Å²) in [4.78, 5) is 4.28. The van der Waals surface area contributed by atoms with E-state index in [-0.39, 0.29) is 12.0 Å². The summed E-state index contributed by atoms with van der Waals surface area (Å²) in [6.07, 6.45) is 9.06. The number of aliphatic imine (C=N–C) groups is 1. The van der Waals surface area contributed by atoms with Gasteiger partial charge in [-0.05, 0) is 38.5 Å². The summed E-state index contributed by atoms with van der Waals surface area (Å²) in [5.41, 5.74) is 1.62. The summed E-state index contributed by atoms with van der Waals surface area (Å²) >= 11 is 0. The van der Waals surface area contributed by atoms with Crippen LogP contribution in [0.4, 0.5) is 0 Å². The molecule has 0 amide bonds. The highest BCUT2D eigenvalue weighted by Gasteiger charge is 2.34. The summed E-state index contributed by atoms with van der Waals surface area (Å²) in [5.74, 6) is 0.845. The van der Waals surface area contributed by atoms with E-state index >= 15 is 0 Å². The van der Waals surface area contributed by atoms with Crippen molar-refractivity contribution in [1.82, 2.24) is 10.6 Å². The first-order valence-corrected chi connectivity index (χ1v) is 8.09. The molecule has 1 aliphatic heterocycles. The Morgan fingerprint density at radius 3 is 3.00 bits per heavy atom. The molecule has 1 saturated heterocycles. The Kier molecular flexibility index (Phi) is 6.51. The monoisotopic (exact) mass is 295 g/mol. The largest absolute Gasteiger partial charge is 0.396 e. The standard InChI is InChI=1S/C16H29N3O2/c1-17-15(18-9-6-14-4-2-3-5-14)19-12-16(7-10-20)8-11-21-13-16/h4,20H,2-3,5-13H2,1H3,(H2,17,18,19). The number of nitrogens with one attached hydrogen (secondary N) is 2. The SMILES string of the molecule is CN=C(NCCC1=CCCC1)NCC1(CCO)CCOC1. The van der Waals surface area contributed by atoms with Crippen LogP contribution in [0.25, 0.3) is 0 Å². The van der Waals surface area contributed by atoms with Gasteiger partial charge in [-0.25, -0.2) is 0 Å². The number of allylic oxidation sites excluding steroid dienone is 1.